The van der Waals surface area contributed by atoms with Gasteiger partial charge in [0.25, 0.3) is 11.5 Å². The first-order valence-electron chi connectivity index (χ1n) is 15.0. The molecule has 1 aromatic heterocycles. The zero-order valence-electron chi connectivity index (χ0n) is 25.4. The van der Waals surface area contributed by atoms with E-state index in [0.717, 1.165) is 11.1 Å². The third-order valence-corrected chi connectivity index (χ3v) is 7.70. The summed E-state index contributed by atoms with van der Waals surface area (Å²) in [7, 11) is 0. The Balaban J connectivity index is 1.45. The molecule has 0 aliphatic heterocycles. The molecule has 1 heterocycles. The van der Waals surface area contributed by atoms with Gasteiger partial charge in [-0.05, 0) is 59.7 Å². The van der Waals surface area contributed by atoms with E-state index in [1.54, 1.807) is 49.5 Å². The second-order valence-corrected chi connectivity index (χ2v) is 10.9. The molecule has 1 amide bonds. The van der Waals surface area contributed by atoms with Gasteiger partial charge >= 0.3 is 5.97 Å². The number of carbonyl (C=O) groups excluding carboxylic acids is 2. The zero-order valence-corrected chi connectivity index (χ0v) is 26.1. The number of amides is 1. The Hall–Kier alpha value is -5.92. The van der Waals surface area contributed by atoms with Crippen molar-refractivity contribution < 1.29 is 19.1 Å². The van der Waals surface area contributed by atoms with Crippen molar-refractivity contribution in [2.24, 2.45) is 0 Å². The Morgan fingerprint density at radius 1 is 0.745 bits per heavy atom. The van der Waals surface area contributed by atoms with E-state index < -0.39 is 17.4 Å². The van der Waals surface area contributed by atoms with Crippen LogP contribution in [0, 0.1) is 0 Å². The number of benzene rings is 5. The van der Waals surface area contributed by atoms with E-state index in [4.69, 9.17) is 21.1 Å². The minimum absolute atomic E-state index is 0.00175. The molecular weight excluding hydrogens is 612 g/mol. The summed E-state index contributed by atoms with van der Waals surface area (Å²) < 4.78 is 13.1. The maximum absolute atomic E-state index is 14.1. The summed E-state index contributed by atoms with van der Waals surface area (Å²) in [5.74, 6) is 0.203. The Labute approximate surface area is 276 Å². The van der Waals surface area contributed by atoms with Gasteiger partial charge in [-0.25, -0.2) is 0 Å². The summed E-state index contributed by atoms with van der Waals surface area (Å²) in [6.45, 7) is 1.66. The normalized spacial score (nSPS) is 10.7. The van der Waals surface area contributed by atoms with Crippen LogP contribution in [0.3, 0.4) is 0 Å². The molecule has 6 rings (SSSR count). The first-order valence-corrected chi connectivity index (χ1v) is 15.3. The minimum Gasteiger partial charge on any atom is -0.457 e. The number of nitrogens with one attached hydrogen (secondary N) is 1. The molecule has 0 radical (unpaired) electrons. The van der Waals surface area contributed by atoms with E-state index in [9.17, 15) is 14.4 Å². The Kier molecular flexibility index (Phi) is 9.27. The van der Waals surface area contributed by atoms with Crippen LogP contribution < -0.4 is 20.3 Å². The molecule has 8 heteroatoms. The average Bonchev–Trinajstić information content (AvgIpc) is 3.11. The fraction of sp³-hybridized carbons (Fsp3) is 0.0513. The van der Waals surface area contributed by atoms with Gasteiger partial charge in [-0.3, -0.25) is 19.0 Å². The number of hydrogen-bond donors (Lipinski definition) is 1. The third kappa shape index (κ3) is 7.01. The van der Waals surface area contributed by atoms with Gasteiger partial charge in [-0.2, -0.15) is 0 Å². The van der Waals surface area contributed by atoms with E-state index in [1.807, 2.05) is 97.1 Å². The molecule has 1 N–H and O–H groups in total. The van der Waals surface area contributed by atoms with Crippen LogP contribution in [0.1, 0.15) is 23.7 Å². The van der Waals surface area contributed by atoms with Gasteiger partial charge in [-0.15, -0.1) is 0 Å². The standard InChI is InChI=1S/C39H29ClN2O5/c1-2-36(43)47-37-32(40)17-11-18-34(37)42-25-29(31-16-9-10-19-35(31)46-30-14-7-4-8-15-30)24-33(39(42)45)41-38(44)28-22-20-27(21-23-28)26-12-5-3-6-13-26/h3-25H,2H2,1H3,(H,41,44). The van der Waals surface area contributed by atoms with Crippen molar-refractivity contribution in [3.8, 4) is 45.2 Å². The quantitative estimate of drug-likeness (QED) is 0.126. The summed E-state index contributed by atoms with van der Waals surface area (Å²) in [5.41, 5.74) is 3.23. The average molecular weight is 641 g/mol. The maximum Gasteiger partial charge on any atom is 0.311 e. The van der Waals surface area contributed by atoms with Crippen LogP contribution in [0.15, 0.2) is 144 Å². The lowest BCUT2D eigenvalue weighted by molar-refractivity contribution is -0.134. The van der Waals surface area contributed by atoms with E-state index in [1.165, 1.54) is 4.57 Å². The van der Waals surface area contributed by atoms with E-state index >= 15 is 0 Å². The summed E-state index contributed by atoms with van der Waals surface area (Å²) in [6.07, 6.45) is 1.71. The van der Waals surface area contributed by atoms with Gasteiger partial charge in [0, 0.05) is 29.3 Å². The maximum atomic E-state index is 14.1. The van der Waals surface area contributed by atoms with Gasteiger partial charge in [-0.1, -0.05) is 103 Å². The number of esters is 1. The first-order chi connectivity index (χ1) is 22.9. The smallest absolute Gasteiger partial charge is 0.311 e. The van der Waals surface area contributed by atoms with Gasteiger partial charge < -0.3 is 14.8 Å². The zero-order chi connectivity index (χ0) is 32.8. The number of halogens is 1. The number of carbonyl (C=O) groups is 2. The summed E-state index contributed by atoms with van der Waals surface area (Å²) in [5, 5.41) is 2.96. The largest absolute Gasteiger partial charge is 0.457 e. The number of aromatic nitrogens is 1. The van der Waals surface area contributed by atoms with Crippen LogP contribution in [0.5, 0.6) is 17.2 Å². The molecule has 0 aliphatic carbocycles. The van der Waals surface area contributed by atoms with Crippen molar-refractivity contribution >= 4 is 29.2 Å². The number of nitrogens with zero attached hydrogens (tertiary/aromatic N) is 1. The molecule has 0 aliphatic rings. The van der Waals surface area contributed by atoms with Crippen LogP contribution >= 0.6 is 11.6 Å². The van der Waals surface area contributed by atoms with Crippen LogP contribution in [0.2, 0.25) is 5.02 Å². The fourth-order valence-corrected chi connectivity index (χ4v) is 5.23. The van der Waals surface area contributed by atoms with Crippen LogP contribution in [0.25, 0.3) is 27.9 Å². The second-order valence-electron chi connectivity index (χ2n) is 10.5. The number of rotatable bonds is 9. The van der Waals surface area contributed by atoms with Gasteiger partial charge in [0.05, 0.1) is 10.7 Å². The molecule has 0 saturated heterocycles. The lowest BCUT2D eigenvalue weighted by Gasteiger charge is -2.18. The van der Waals surface area contributed by atoms with Crippen LogP contribution in [-0.2, 0) is 4.79 Å². The number of anilines is 1. The number of para-hydroxylation sites is 3. The number of ether oxygens (including phenoxy) is 2. The lowest BCUT2D eigenvalue weighted by Crippen LogP contribution is -2.25. The van der Waals surface area contributed by atoms with Crippen molar-refractivity contribution in [1.82, 2.24) is 4.57 Å². The molecular formula is C39H29ClN2O5. The number of pyridine rings is 1. The van der Waals surface area contributed by atoms with E-state index in [0.29, 0.717) is 28.2 Å². The summed E-state index contributed by atoms with van der Waals surface area (Å²) in [6, 6.07) is 40.1. The van der Waals surface area contributed by atoms with Gasteiger partial charge in [0.1, 0.15) is 17.2 Å². The van der Waals surface area contributed by atoms with Crippen molar-refractivity contribution in [3.05, 3.63) is 161 Å². The number of hydrogen-bond acceptors (Lipinski definition) is 5. The Bertz CT molecular complexity index is 2110. The second kappa shape index (κ2) is 14.0. The summed E-state index contributed by atoms with van der Waals surface area (Å²) in [4.78, 5) is 40.0. The highest BCUT2D eigenvalue weighted by Crippen LogP contribution is 2.36. The predicted molar refractivity (Wildman–Crippen MR) is 185 cm³/mol. The molecule has 0 spiro atoms. The third-order valence-electron chi connectivity index (χ3n) is 7.40. The first kappa shape index (κ1) is 31.1. The molecule has 232 valence electrons. The van der Waals surface area contributed by atoms with E-state index in [2.05, 4.69) is 5.32 Å². The minimum atomic E-state index is -0.555. The van der Waals surface area contributed by atoms with Gasteiger partial charge in [0.15, 0.2) is 5.75 Å². The van der Waals surface area contributed by atoms with Gasteiger partial charge in [0.2, 0.25) is 0 Å². The Morgan fingerprint density at radius 2 is 1.40 bits per heavy atom. The molecule has 7 nitrogen and oxygen atoms in total. The van der Waals surface area contributed by atoms with Crippen LogP contribution in [0.4, 0.5) is 5.69 Å². The monoisotopic (exact) mass is 640 g/mol. The lowest BCUT2D eigenvalue weighted by atomic mass is 10.0. The molecule has 47 heavy (non-hydrogen) atoms. The molecule has 5 aromatic carbocycles. The molecule has 0 fully saturated rings. The highest BCUT2D eigenvalue weighted by molar-refractivity contribution is 6.32. The molecule has 6 aromatic rings. The van der Waals surface area contributed by atoms with Crippen molar-refractivity contribution in [2.75, 3.05) is 5.32 Å². The predicted octanol–water partition coefficient (Wildman–Crippen LogP) is 9.18. The van der Waals surface area contributed by atoms with Crippen molar-refractivity contribution in [3.63, 3.8) is 0 Å². The molecule has 0 unspecified atom stereocenters. The fourth-order valence-electron chi connectivity index (χ4n) is 5.02. The Morgan fingerprint density at radius 3 is 2.13 bits per heavy atom. The molecule has 0 bridgehead atoms. The van der Waals surface area contributed by atoms with Crippen LogP contribution in [-0.4, -0.2) is 16.4 Å². The highest BCUT2D eigenvalue weighted by Gasteiger charge is 2.20. The highest BCUT2D eigenvalue weighted by atomic mass is 35.5. The van der Waals surface area contributed by atoms with Crippen molar-refractivity contribution in [1.29, 1.82) is 0 Å². The molecule has 0 saturated carbocycles. The van der Waals surface area contributed by atoms with E-state index in [-0.39, 0.29) is 28.6 Å². The molecule has 0 atom stereocenters. The summed E-state index contributed by atoms with van der Waals surface area (Å²) >= 11 is 6.48. The SMILES string of the molecule is CCC(=O)Oc1c(Cl)cccc1-n1cc(-c2ccccc2Oc2ccccc2)cc(NC(=O)c2ccc(-c3ccccc3)cc2)c1=O. The van der Waals surface area contributed by atoms with Crippen molar-refractivity contribution in [2.45, 2.75) is 13.3 Å². The topological polar surface area (TPSA) is 86.6 Å².